The van der Waals surface area contributed by atoms with Gasteiger partial charge in [-0.25, -0.2) is 14.5 Å². The van der Waals surface area contributed by atoms with Gasteiger partial charge >= 0.3 is 0 Å². The summed E-state index contributed by atoms with van der Waals surface area (Å²) in [5, 5.41) is 0.367. The van der Waals surface area contributed by atoms with Crippen molar-refractivity contribution in [3.8, 4) is 5.95 Å². The van der Waals surface area contributed by atoms with Crippen LogP contribution in [-0.4, -0.2) is 45.3 Å². The van der Waals surface area contributed by atoms with Crippen molar-refractivity contribution in [2.75, 3.05) is 30.4 Å². The number of hydrogen-bond acceptors (Lipinski definition) is 6. The number of anilines is 2. The van der Waals surface area contributed by atoms with Gasteiger partial charge < -0.3 is 15.4 Å². The summed E-state index contributed by atoms with van der Waals surface area (Å²) >= 11 is 6.25. The van der Waals surface area contributed by atoms with Crippen molar-refractivity contribution < 1.29 is 4.74 Å². The molecule has 0 saturated carbocycles. The molecule has 124 valence electrons. The number of benzene rings is 1. The molecule has 8 heteroatoms. The summed E-state index contributed by atoms with van der Waals surface area (Å²) in [5.74, 6) is 1.51. The van der Waals surface area contributed by atoms with Gasteiger partial charge in [-0.15, -0.1) is 0 Å². The number of nitrogen functional groups attached to an aromatic ring is 1. The van der Waals surface area contributed by atoms with E-state index >= 15 is 0 Å². The first kappa shape index (κ1) is 15.2. The number of nitrogens with two attached hydrogens (primary N) is 1. The fourth-order valence-electron chi connectivity index (χ4n) is 2.96. The van der Waals surface area contributed by atoms with Crippen LogP contribution in [0.5, 0.6) is 0 Å². The molecule has 1 atom stereocenters. The molecule has 3 heterocycles. The van der Waals surface area contributed by atoms with Gasteiger partial charge in [-0.05, 0) is 19.1 Å². The van der Waals surface area contributed by atoms with Crippen molar-refractivity contribution in [2.45, 2.75) is 13.0 Å². The predicted octanol–water partition coefficient (Wildman–Crippen LogP) is 2.28. The molecule has 0 bridgehead atoms. The molecule has 4 rings (SSSR count). The molecular weight excluding hydrogens is 328 g/mol. The third-order valence-corrected chi connectivity index (χ3v) is 4.31. The Morgan fingerprint density at radius 3 is 2.92 bits per heavy atom. The third-order valence-electron chi connectivity index (χ3n) is 4.12. The van der Waals surface area contributed by atoms with Gasteiger partial charge in [0.05, 0.1) is 30.3 Å². The van der Waals surface area contributed by atoms with E-state index in [4.69, 9.17) is 22.1 Å². The Hall–Kier alpha value is -2.38. The summed E-state index contributed by atoms with van der Waals surface area (Å²) in [6, 6.07) is 9.66. The molecule has 3 aromatic rings. The number of morpholine rings is 1. The molecule has 7 nitrogen and oxygen atoms in total. The molecule has 0 amide bonds. The smallest absolute Gasteiger partial charge is 0.240 e. The number of halogens is 1. The minimum absolute atomic E-state index is 0.217. The summed E-state index contributed by atoms with van der Waals surface area (Å²) < 4.78 is 7.21. The van der Waals surface area contributed by atoms with Crippen LogP contribution in [0.3, 0.4) is 0 Å². The molecule has 1 fully saturated rings. The lowest BCUT2D eigenvalue weighted by Crippen LogP contribution is -2.44. The van der Waals surface area contributed by atoms with E-state index in [0.717, 1.165) is 23.4 Å². The van der Waals surface area contributed by atoms with Crippen LogP contribution in [0.25, 0.3) is 17.0 Å². The average Bonchev–Trinajstić information content (AvgIpc) is 2.90. The quantitative estimate of drug-likeness (QED) is 0.718. The maximum absolute atomic E-state index is 6.25. The van der Waals surface area contributed by atoms with E-state index in [1.165, 1.54) is 0 Å². The minimum atomic E-state index is 0.217. The van der Waals surface area contributed by atoms with Crippen LogP contribution in [0.4, 0.5) is 11.8 Å². The normalized spacial score (nSPS) is 18.2. The molecule has 1 aromatic carbocycles. The summed E-state index contributed by atoms with van der Waals surface area (Å²) in [5.41, 5.74) is 7.72. The second-order valence-corrected chi connectivity index (χ2v) is 6.15. The van der Waals surface area contributed by atoms with Gasteiger partial charge in [-0.1, -0.05) is 23.7 Å². The highest BCUT2D eigenvalue weighted by molar-refractivity contribution is 6.29. The first-order valence-corrected chi connectivity index (χ1v) is 8.13. The first-order chi connectivity index (χ1) is 11.6. The van der Waals surface area contributed by atoms with E-state index in [9.17, 15) is 0 Å². The summed E-state index contributed by atoms with van der Waals surface area (Å²) in [4.78, 5) is 15.5. The first-order valence-electron chi connectivity index (χ1n) is 7.76. The van der Waals surface area contributed by atoms with E-state index in [1.807, 2.05) is 24.3 Å². The zero-order chi connectivity index (χ0) is 16.7. The summed E-state index contributed by atoms with van der Waals surface area (Å²) in [6.07, 6.45) is 0. The number of ether oxygens (including phenoxy) is 1. The Balaban J connectivity index is 1.85. The van der Waals surface area contributed by atoms with E-state index in [1.54, 1.807) is 10.6 Å². The molecule has 2 N–H and O–H groups in total. The highest BCUT2D eigenvalue weighted by atomic mass is 35.5. The predicted molar refractivity (Wildman–Crippen MR) is 93.7 cm³/mol. The van der Waals surface area contributed by atoms with Crippen LogP contribution < -0.4 is 10.6 Å². The second kappa shape index (κ2) is 5.92. The van der Waals surface area contributed by atoms with Gasteiger partial charge in [0.25, 0.3) is 0 Å². The molecule has 1 saturated heterocycles. The van der Waals surface area contributed by atoms with Gasteiger partial charge in [0.1, 0.15) is 11.0 Å². The maximum atomic E-state index is 6.25. The molecule has 1 unspecified atom stereocenters. The van der Waals surface area contributed by atoms with Crippen molar-refractivity contribution in [2.24, 2.45) is 0 Å². The fraction of sp³-hybridized carbons (Fsp3) is 0.312. The van der Waals surface area contributed by atoms with E-state index in [-0.39, 0.29) is 6.04 Å². The van der Waals surface area contributed by atoms with Crippen LogP contribution in [-0.2, 0) is 4.74 Å². The van der Waals surface area contributed by atoms with Crippen molar-refractivity contribution in [1.82, 2.24) is 19.5 Å². The van der Waals surface area contributed by atoms with E-state index in [2.05, 4.69) is 26.8 Å². The monoisotopic (exact) mass is 344 g/mol. The number of hydrogen-bond donors (Lipinski definition) is 1. The molecule has 2 aromatic heterocycles. The Kier molecular flexibility index (Phi) is 3.74. The highest BCUT2D eigenvalue weighted by Gasteiger charge is 2.22. The Bertz CT molecular complexity index is 895. The number of para-hydroxylation sites is 2. The lowest BCUT2D eigenvalue weighted by atomic mass is 10.2. The molecule has 0 aliphatic carbocycles. The summed E-state index contributed by atoms with van der Waals surface area (Å²) in [7, 11) is 0. The van der Waals surface area contributed by atoms with E-state index < -0.39 is 0 Å². The van der Waals surface area contributed by atoms with Gasteiger partial charge in [-0.3, -0.25) is 0 Å². The zero-order valence-electron chi connectivity index (χ0n) is 13.2. The topological polar surface area (TPSA) is 82.1 Å². The van der Waals surface area contributed by atoms with Gasteiger partial charge in [0.2, 0.25) is 11.9 Å². The van der Waals surface area contributed by atoms with Gasteiger partial charge in [0.15, 0.2) is 0 Å². The van der Waals surface area contributed by atoms with Crippen molar-refractivity contribution in [3.05, 3.63) is 35.5 Å². The lowest BCUT2D eigenvalue weighted by Gasteiger charge is -2.34. The Morgan fingerprint density at radius 2 is 2.08 bits per heavy atom. The van der Waals surface area contributed by atoms with Crippen LogP contribution in [0.15, 0.2) is 30.3 Å². The van der Waals surface area contributed by atoms with Crippen molar-refractivity contribution >= 4 is 34.4 Å². The zero-order valence-corrected chi connectivity index (χ0v) is 13.9. The highest BCUT2D eigenvalue weighted by Crippen LogP contribution is 2.25. The summed E-state index contributed by atoms with van der Waals surface area (Å²) in [6.45, 7) is 4.18. The standard InChI is InChI=1S/C16H17ClN6O/c1-10-9-24-7-6-22(10)14-8-13(17)20-16(21-14)23-12-5-3-2-4-11(12)19-15(23)18/h2-5,8,10H,6-7,9H2,1H3,(H2,18,19). The SMILES string of the molecule is CC1COCCN1c1cc(Cl)nc(-n2c(N)nc3ccccc32)n1. The van der Waals surface area contributed by atoms with E-state index in [0.29, 0.717) is 30.3 Å². The number of rotatable bonds is 2. The molecule has 1 aliphatic heterocycles. The molecule has 0 spiro atoms. The fourth-order valence-corrected chi connectivity index (χ4v) is 3.14. The second-order valence-electron chi connectivity index (χ2n) is 5.76. The van der Waals surface area contributed by atoms with Crippen LogP contribution in [0.1, 0.15) is 6.92 Å². The number of aromatic nitrogens is 4. The van der Waals surface area contributed by atoms with Crippen LogP contribution >= 0.6 is 11.6 Å². The Labute approximate surface area is 144 Å². The third kappa shape index (κ3) is 2.55. The number of nitrogens with zero attached hydrogens (tertiary/aromatic N) is 5. The minimum Gasteiger partial charge on any atom is -0.377 e. The van der Waals surface area contributed by atoms with Gasteiger partial charge in [-0.2, -0.15) is 4.98 Å². The Morgan fingerprint density at radius 1 is 1.25 bits per heavy atom. The molecule has 0 radical (unpaired) electrons. The molecule has 24 heavy (non-hydrogen) atoms. The number of imidazole rings is 1. The van der Waals surface area contributed by atoms with Crippen LogP contribution in [0.2, 0.25) is 5.15 Å². The molecular formula is C16H17ClN6O. The van der Waals surface area contributed by atoms with Crippen LogP contribution in [0, 0.1) is 0 Å². The van der Waals surface area contributed by atoms with Gasteiger partial charge in [0, 0.05) is 12.6 Å². The average molecular weight is 345 g/mol. The largest absolute Gasteiger partial charge is 0.377 e. The number of fused-ring (bicyclic) bond motifs is 1. The van der Waals surface area contributed by atoms with Crippen molar-refractivity contribution in [1.29, 1.82) is 0 Å². The maximum Gasteiger partial charge on any atom is 0.240 e. The van der Waals surface area contributed by atoms with Crippen molar-refractivity contribution in [3.63, 3.8) is 0 Å². The lowest BCUT2D eigenvalue weighted by molar-refractivity contribution is 0.0985. The molecule has 1 aliphatic rings.